The highest BCUT2D eigenvalue weighted by Gasteiger charge is 2.52. The Kier molecular flexibility index (Phi) is 6.04. The second-order valence-corrected chi connectivity index (χ2v) is 9.66. The molecule has 1 saturated heterocycles. The van der Waals surface area contributed by atoms with E-state index in [-0.39, 0.29) is 6.54 Å². The van der Waals surface area contributed by atoms with Crippen LogP contribution in [0.1, 0.15) is 54.0 Å². The molecule has 0 spiro atoms. The van der Waals surface area contributed by atoms with Crippen LogP contribution in [-0.2, 0) is 14.0 Å². The van der Waals surface area contributed by atoms with Gasteiger partial charge in [0.2, 0.25) is 0 Å². The van der Waals surface area contributed by atoms with Crippen LogP contribution in [-0.4, -0.2) is 46.5 Å². The molecule has 3 rings (SSSR count). The number of benzene rings is 1. The van der Waals surface area contributed by atoms with Gasteiger partial charge in [0, 0.05) is 30.2 Å². The minimum absolute atomic E-state index is 0.155. The molecule has 1 aromatic carbocycles. The van der Waals surface area contributed by atoms with Crippen LogP contribution in [0.3, 0.4) is 0 Å². The van der Waals surface area contributed by atoms with Crippen LogP contribution in [0.15, 0.2) is 30.0 Å². The normalized spacial score (nSPS) is 18.3. The molecule has 0 atom stereocenters. The smallest absolute Gasteiger partial charge is 0.444 e. The Balaban J connectivity index is 1.99. The molecule has 0 saturated carbocycles. The van der Waals surface area contributed by atoms with Gasteiger partial charge in [-0.2, -0.15) is 0 Å². The molecule has 8 nitrogen and oxygen atoms in total. The summed E-state index contributed by atoms with van der Waals surface area (Å²) in [5.74, 6) is 0. The highest BCUT2D eigenvalue weighted by molar-refractivity contribution is 6.56. The first-order chi connectivity index (χ1) is 14.3. The van der Waals surface area contributed by atoms with Crippen molar-refractivity contribution < 1.29 is 18.8 Å². The Bertz CT molecular complexity index is 998. The molecule has 1 fully saturated rings. The van der Waals surface area contributed by atoms with Crippen molar-refractivity contribution in [2.75, 3.05) is 12.3 Å². The minimum Gasteiger partial charge on any atom is -0.444 e. The molecule has 1 aromatic heterocycles. The molecule has 0 unspecified atom stereocenters. The van der Waals surface area contributed by atoms with Gasteiger partial charge < -0.3 is 25.1 Å². The second-order valence-electron chi connectivity index (χ2n) is 9.66. The van der Waals surface area contributed by atoms with E-state index < -0.39 is 30.0 Å². The van der Waals surface area contributed by atoms with E-state index in [9.17, 15) is 4.79 Å². The van der Waals surface area contributed by atoms with Gasteiger partial charge in [0.25, 0.3) is 0 Å². The lowest BCUT2D eigenvalue weighted by atomic mass is 9.76. The third-order valence-corrected chi connectivity index (χ3v) is 5.43. The first-order valence-corrected chi connectivity index (χ1v) is 10.3. The fourth-order valence-corrected chi connectivity index (χ4v) is 3.10. The van der Waals surface area contributed by atoms with Gasteiger partial charge in [-0.15, -0.1) is 0 Å². The number of nitrogens with two attached hydrogens (primary N) is 1. The molecule has 2 heterocycles. The lowest BCUT2D eigenvalue weighted by Crippen LogP contribution is -2.41. The largest absolute Gasteiger partial charge is 0.492 e. The molecule has 1 aliphatic heterocycles. The Morgan fingerprint density at radius 1 is 1.16 bits per heavy atom. The van der Waals surface area contributed by atoms with Crippen molar-refractivity contribution in [1.29, 1.82) is 0 Å². The summed E-state index contributed by atoms with van der Waals surface area (Å²) in [5.41, 5.74) is 7.91. The lowest BCUT2D eigenvalue weighted by molar-refractivity contribution is 0.00578. The Morgan fingerprint density at radius 3 is 2.39 bits per heavy atom. The van der Waals surface area contributed by atoms with E-state index in [0.29, 0.717) is 22.2 Å². The van der Waals surface area contributed by atoms with E-state index in [1.165, 1.54) is 0 Å². The summed E-state index contributed by atoms with van der Waals surface area (Å²) in [6, 6.07) is 3.61. The molecule has 0 aliphatic carbocycles. The quantitative estimate of drug-likeness (QED) is 0.566. The third-order valence-electron chi connectivity index (χ3n) is 5.43. The van der Waals surface area contributed by atoms with Crippen molar-refractivity contribution in [3.63, 3.8) is 0 Å². The number of hydrogen-bond donors (Lipinski definition) is 2. The predicted molar refractivity (Wildman–Crippen MR) is 122 cm³/mol. The van der Waals surface area contributed by atoms with Gasteiger partial charge in [0.05, 0.1) is 22.2 Å². The molecule has 166 valence electrons. The minimum atomic E-state index is -0.675. The van der Waals surface area contributed by atoms with Crippen molar-refractivity contribution in [2.45, 2.75) is 65.3 Å². The number of hydrogen-bond acceptors (Lipinski definition) is 7. The van der Waals surface area contributed by atoms with E-state index in [2.05, 4.69) is 15.3 Å². The Hall–Kier alpha value is -2.65. The van der Waals surface area contributed by atoms with Gasteiger partial charge in [-0.05, 0) is 66.1 Å². The Morgan fingerprint density at radius 2 is 1.77 bits per heavy atom. The lowest BCUT2D eigenvalue weighted by Gasteiger charge is -2.32. The summed E-state index contributed by atoms with van der Waals surface area (Å²) in [5, 5.41) is 2.79. The molecule has 0 radical (unpaired) electrons. The number of carbonyl (C=O) groups is 1. The van der Waals surface area contributed by atoms with Crippen molar-refractivity contribution in [3.05, 3.63) is 35.6 Å². The van der Waals surface area contributed by atoms with Crippen LogP contribution in [0.2, 0.25) is 0 Å². The molecule has 1 amide bonds. The van der Waals surface area contributed by atoms with Gasteiger partial charge in [-0.1, -0.05) is 6.08 Å². The first-order valence-electron chi connectivity index (χ1n) is 10.3. The standard InChI is InChI=1S/C22H31BN4O4/c1-20(2,3)29-19(28)27-13-14(23-30-21(4,5)22(6,7)31-23)12-15-16(24)8-9-17-18(15)26-11-10-25-17/h8-12H,13,24H2,1-7H3,(H,27,28). The monoisotopic (exact) mass is 426 g/mol. The molecule has 3 N–H and O–H groups in total. The number of ether oxygens (including phenoxy) is 1. The van der Waals surface area contributed by atoms with E-state index in [1.807, 2.05) is 60.6 Å². The van der Waals surface area contributed by atoms with Crippen LogP contribution in [0.5, 0.6) is 0 Å². The zero-order chi connectivity index (χ0) is 23.0. The van der Waals surface area contributed by atoms with Gasteiger partial charge >= 0.3 is 13.2 Å². The van der Waals surface area contributed by atoms with Crippen LogP contribution < -0.4 is 11.1 Å². The van der Waals surface area contributed by atoms with Crippen molar-refractivity contribution in [2.24, 2.45) is 0 Å². The van der Waals surface area contributed by atoms with Gasteiger partial charge in [-0.25, -0.2) is 4.79 Å². The van der Waals surface area contributed by atoms with E-state index in [0.717, 1.165) is 5.52 Å². The van der Waals surface area contributed by atoms with Gasteiger partial charge in [0.1, 0.15) is 5.60 Å². The third kappa shape index (κ3) is 5.16. The zero-order valence-corrected chi connectivity index (χ0v) is 19.3. The molecule has 9 heteroatoms. The fourth-order valence-electron chi connectivity index (χ4n) is 3.10. The number of carbonyl (C=O) groups excluding carboxylic acids is 1. The van der Waals surface area contributed by atoms with Crippen LogP contribution in [0, 0.1) is 0 Å². The van der Waals surface area contributed by atoms with Gasteiger partial charge in [0.15, 0.2) is 0 Å². The number of aromatic nitrogens is 2. The summed E-state index contributed by atoms with van der Waals surface area (Å²) >= 11 is 0. The summed E-state index contributed by atoms with van der Waals surface area (Å²) in [4.78, 5) is 21.1. The SMILES string of the molecule is CC(C)(C)OC(=O)NCC(=Cc1c(N)ccc2nccnc12)B1OC(C)(C)C(C)(C)O1. The molecular formula is C22H31BN4O4. The maximum Gasteiger partial charge on any atom is 0.492 e. The number of fused-ring (bicyclic) bond motifs is 1. The topological polar surface area (TPSA) is 109 Å². The fraction of sp³-hybridized carbons (Fsp3) is 0.500. The molecule has 0 bridgehead atoms. The number of nitrogen functional groups attached to an aromatic ring is 1. The Labute approximate surface area is 183 Å². The number of nitrogens with zero attached hydrogens (tertiary/aromatic N) is 2. The van der Waals surface area contributed by atoms with Crippen molar-refractivity contribution >= 4 is 36.0 Å². The van der Waals surface area contributed by atoms with Crippen LogP contribution in [0.25, 0.3) is 17.1 Å². The summed E-state index contributed by atoms with van der Waals surface area (Å²) < 4.78 is 17.8. The molecule has 2 aromatic rings. The molecule has 1 aliphatic rings. The van der Waals surface area contributed by atoms with Crippen LogP contribution >= 0.6 is 0 Å². The number of rotatable bonds is 4. The average molecular weight is 426 g/mol. The van der Waals surface area contributed by atoms with E-state index in [1.54, 1.807) is 18.5 Å². The van der Waals surface area contributed by atoms with E-state index in [4.69, 9.17) is 19.8 Å². The highest BCUT2D eigenvalue weighted by Crippen LogP contribution is 2.39. The predicted octanol–water partition coefficient (Wildman–Crippen LogP) is 3.75. The zero-order valence-electron chi connectivity index (χ0n) is 19.3. The molecule has 31 heavy (non-hydrogen) atoms. The maximum atomic E-state index is 12.3. The summed E-state index contributed by atoms with van der Waals surface area (Å²) in [6.45, 7) is 13.5. The van der Waals surface area contributed by atoms with Crippen molar-refractivity contribution in [3.8, 4) is 0 Å². The number of alkyl carbamates (subject to hydrolysis) is 1. The van der Waals surface area contributed by atoms with E-state index >= 15 is 0 Å². The summed E-state index contributed by atoms with van der Waals surface area (Å²) in [7, 11) is -0.675. The second kappa shape index (κ2) is 8.13. The highest BCUT2D eigenvalue weighted by atomic mass is 16.7. The first kappa shape index (κ1) is 23.0. The number of nitrogens with one attached hydrogen (secondary N) is 1. The average Bonchev–Trinajstić information content (AvgIpc) is 2.86. The van der Waals surface area contributed by atoms with Crippen LogP contribution in [0.4, 0.5) is 10.5 Å². The summed E-state index contributed by atoms with van der Waals surface area (Å²) in [6.07, 6.45) is 4.57. The number of anilines is 1. The van der Waals surface area contributed by atoms with Gasteiger partial charge in [-0.3, -0.25) is 9.97 Å². The maximum absolute atomic E-state index is 12.3. The molecular weight excluding hydrogens is 395 g/mol. The van der Waals surface area contributed by atoms with Crippen molar-refractivity contribution in [1.82, 2.24) is 15.3 Å². The number of amides is 1.